The first-order valence-corrected chi connectivity index (χ1v) is 1.24. The van der Waals surface area contributed by atoms with Gasteiger partial charge in [-0.15, -0.1) is 0 Å². The van der Waals surface area contributed by atoms with Crippen LogP contribution in [0.5, 0.6) is 0 Å². The van der Waals surface area contributed by atoms with Crippen molar-refractivity contribution in [1.82, 2.24) is 0 Å². The van der Waals surface area contributed by atoms with Gasteiger partial charge in [-0.3, -0.25) is 0 Å². The third-order valence-electron chi connectivity index (χ3n) is 0. The molecule has 6 nitrogen and oxygen atoms in total. The molecule has 0 aliphatic carbocycles. The molecule has 0 N–H and O–H groups in total. The standard InChI is InChI=1S/CN.5CO.Na.W/c6*1-2;;/q-1;;;;;;;. The van der Waals surface area contributed by atoms with Crippen LogP contribution in [0.15, 0.2) is 0 Å². The fourth-order valence-corrected chi connectivity index (χ4v) is 0. The SMILES string of the molecule is [C-]#N.[C-]#[O+].[C-]#[O+].[C-]#[O+].[C-]#[O+].[C-]#[O+].[Na].[W]. The molecule has 8 heteroatoms. The van der Waals surface area contributed by atoms with E-state index in [1.807, 2.05) is 0 Å². The minimum Gasteiger partial charge on any atom is 0 e. The van der Waals surface area contributed by atoms with E-state index >= 15 is 0 Å². The molecule has 0 bridgehead atoms. The summed E-state index contributed by atoms with van der Waals surface area (Å²) in [5.74, 6) is 0. The van der Waals surface area contributed by atoms with E-state index < -0.39 is 0 Å². The van der Waals surface area contributed by atoms with Crippen LogP contribution in [-0.4, -0.2) is 29.6 Å². The predicted molar refractivity (Wildman–Crippen MR) is 30.4 cm³/mol. The van der Waals surface area contributed by atoms with E-state index in [4.69, 9.17) is 35.1 Å². The summed E-state index contributed by atoms with van der Waals surface area (Å²) in [7, 11) is 0. The molecule has 0 atom stereocenters. The fraction of sp³-hybridized carbons (Fsp3) is 0. The second-order valence-corrected chi connectivity index (χ2v) is 0. The van der Waals surface area contributed by atoms with Crippen LogP contribution in [0.25, 0.3) is 0 Å². The zero-order valence-corrected chi connectivity index (χ0v) is 11.8. The molecule has 14 heavy (non-hydrogen) atoms. The van der Waals surface area contributed by atoms with Gasteiger partial charge in [-0.1, -0.05) is 0 Å². The molecule has 0 saturated heterocycles. The molecule has 0 aromatic carbocycles. The Kier molecular flexibility index (Phi) is 584000. The first kappa shape index (κ1) is 66.6. The van der Waals surface area contributed by atoms with Crippen molar-refractivity contribution >= 4 is 29.6 Å². The number of hydrogen-bond donors (Lipinski definition) is 0. The average molecular weight is 373 g/mol. The molecule has 0 fully saturated rings. The summed E-state index contributed by atoms with van der Waals surface area (Å²) in [5, 5.41) is 6.25. The maximum Gasteiger partial charge on any atom is 0 e. The molecule has 1 radical (unpaired) electrons. The van der Waals surface area contributed by atoms with Crippen molar-refractivity contribution in [3.63, 3.8) is 0 Å². The van der Waals surface area contributed by atoms with Gasteiger partial charge in [0.25, 0.3) is 0 Å². The Morgan fingerprint density at radius 2 is 0.500 bits per heavy atom. The molecule has 0 heterocycles. The van der Waals surface area contributed by atoms with Crippen LogP contribution in [0.3, 0.4) is 0 Å². The molecule has 0 rings (SSSR count). The van der Waals surface area contributed by atoms with Gasteiger partial charge in [-0.2, -0.15) is 0 Å². The molecule has 0 saturated carbocycles. The first-order valence-electron chi connectivity index (χ1n) is 1.24. The molecular formula is C6NNaO5W-. The predicted octanol–water partition coefficient (Wildman–Crippen LogP) is -0.474. The number of nitrogens with zero attached hydrogens (tertiary/aromatic N) is 1. The van der Waals surface area contributed by atoms with Gasteiger partial charge in [-0.25, -0.2) is 0 Å². The molecule has 0 aliphatic rings. The maximum atomic E-state index is 7.50. The molecule has 0 aromatic rings. The largest absolute Gasteiger partial charge is 0 e. The molecule has 0 aromatic heterocycles. The van der Waals surface area contributed by atoms with Crippen LogP contribution >= 0.6 is 0 Å². The summed E-state index contributed by atoms with van der Waals surface area (Å²) in [6, 6.07) is 0. The van der Waals surface area contributed by atoms with Gasteiger partial charge in [0.15, 0.2) is 0 Å². The van der Waals surface area contributed by atoms with Crippen LogP contribution < -0.4 is 0 Å². The number of rotatable bonds is 0. The molecule has 0 aliphatic heterocycles. The summed E-state index contributed by atoms with van der Waals surface area (Å²) in [5.41, 5.74) is 0. The van der Waals surface area contributed by atoms with E-state index in [0.29, 0.717) is 0 Å². The van der Waals surface area contributed by atoms with E-state index in [-0.39, 0.29) is 50.6 Å². The molecule has 67 valence electrons. The van der Waals surface area contributed by atoms with E-state index in [1.54, 1.807) is 0 Å². The van der Waals surface area contributed by atoms with Crippen LogP contribution in [0.2, 0.25) is 0 Å². The summed E-state index contributed by atoms with van der Waals surface area (Å²) in [6.45, 7) is 27.2. The smallest absolute Gasteiger partial charge is 0 e. The Morgan fingerprint density at radius 1 is 0.500 bits per heavy atom. The number of hydrogen-bond acceptors (Lipinski definition) is 1. The Labute approximate surface area is 118 Å². The maximum absolute atomic E-state index is 7.50. The Balaban J connectivity index is -0.00000000500. The summed E-state index contributed by atoms with van der Waals surface area (Å²) < 4.78 is 37.5. The molecule has 0 amide bonds. The van der Waals surface area contributed by atoms with Gasteiger partial charge in [0, 0.05) is 50.6 Å². The second kappa shape index (κ2) is 123000. The van der Waals surface area contributed by atoms with E-state index in [0.717, 1.165) is 0 Å². The van der Waals surface area contributed by atoms with Crippen molar-refractivity contribution in [2.75, 3.05) is 0 Å². The van der Waals surface area contributed by atoms with Gasteiger partial charge in [-0.05, 0) is 0 Å². The molecule has 0 spiro atoms. The minimum atomic E-state index is 0. The van der Waals surface area contributed by atoms with Crippen LogP contribution in [-0.2, 0) is 44.3 Å². The first-order chi connectivity index (χ1) is 6.00. The summed E-state index contributed by atoms with van der Waals surface area (Å²) in [6.07, 6.45) is 0. The third-order valence-corrected chi connectivity index (χ3v) is 0. The Bertz CT molecular complexity index is 101. The minimum absolute atomic E-state index is 0. The zero-order valence-electron chi connectivity index (χ0n) is 6.90. The zero-order chi connectivity index (χ0) is 12.0. The van der Waals surface area contributed by atoms with Crippen LogP contribution in [0.1, 0.15) is 0 Å². The van der Waals surface area contributed by atoms with Crippen molar-refractivity contribution in [2.24, 2.45) is 0 Å². The quantitative estimate of drug-likeness (QED) is 0.318. The molecular weight excluding hydrogens is 373 g/mol. The van der Waals surface area contributed by atoms with Crippen molar-refractivity contribution in [3.05, 3.63) is 39.8 Å². The van der Waals surface area contributed by atoms with E-state index in [2.05, 4.69) is 33.3 Å². The van der Waals surface area contributed by atoms with Crippen molar-refractivity contribution in [2.45, 2.75) is 0 Å². The Morgan fingerprint density at radius 3 is 0.500 bits per heavy atom. The van der Waals surface area contributed by atoms with Crippen molar-refractivity contribution < 1.29 is 44.3 Å². The van der Waals surface area contributed by atoms with Crippen LogP contribution in [0.4, 0.5) is 0 Å². The Hall–Kier alpha value is -0.122. The fourth-order valence-electron chi connectivity index (χ4n) is 0. The van der Waals surface area contributed by atoms with Gasteiger partial charge in [0.2, 0.25) is 0 Å². The summed E-state index contributed by atoms with van der Waals surface area (Å²) >= 11 is 0. The van der Waals surface area contributed by atoms with Crippen molar-refractivity contribution in [1.29, 1.82) is 5.26 Å². The van der Waals surface area contributed by atoms with Crippen molar-refractivity contribution in [3.8, 4) is 0 Å². The third kappa shape index (κ3) is 94900. The monoisotopic (exact) mass is 373 g/mol. The topological polar surface area (TPSA) is 123 Å². The van der Waals surface area contributed by atoms with Gasteiger partial charge >= 0.3 is 56.5 Å². The summed E-state index contributed by atoms with van der Waals surface area (Å²) in [4.78, 5) is 0. The molecule has 0 unspecified atom stereocenters. The normalized spacial score (nSPS) is 0.857. The van der Waals surface area contributed by atoms with Crippen LogP contribution in [0, 0.1) is 45.1 Å². The second-order valence-electron chi connectivity index (χ2n) is 0. The van der Waals surface area contributed by atoms with Gasteiger partial charge < -0.3 is 11.8 Å². The van der Waals surface area contributed by atoms with E-state index in [1.165, 1.54) is 0 Å². The average Bonchev–Trinajstić information content (AvgIpc) is 2.33. The van der Waals surface area contributed by atoms with E-state index in [9.17, 15) is 0 Å². The van der Waals surface area contributed by atoms with Gasteiger partial charge in [0.05, 0.1) is 0 Å². The van der Waals surface area contributed by atoms with Gasteiger partial charge in [0.1, 0.15) is 0 Å².